The first-order valence-electron chi connectivity index (χ1n) is 32.8. The first kappa shape index (κ1) is 63.5. The van der Waals surface area contributed by atoms with Crippen LogP contribution < -0.4 is 45.8 Å². The van der Waals surface area contributed by atoms with Crippen LogP contribution in [0.15, 0.2) is 174 Å². The number of benzene rings is 7. The molecule has 1 saturated heterocycles. The summed E-state index contributed by atoms with van der Waals surface area (Å²) in [5.41, 5.74) is 20.6. The SMILES string of the molecule is C[C@H]1CCc2cc3ccc2[C@H]1C[C@@H](S(=O)(=O)[O-])[C@H]1C=C2C[C@H](C[C@H]4C[C@@H](CO)CC#Cc5cc(O)ccc5[C@@H]2O4)[C@@H]1c1ccc(cc1)[C@](N=C(N)N)([C@H]1CC[C@H]2CC[C@@H](c4ccc([C@@H](O)Cc5cccc6ccccc56)cc4)C[C@@]2(O)[C@@H]1Cc1ccccc1)O3.[Na+]. The van der Waals surface area contributed by atoms with Gasteiger partial charge in [-0.05, 0) is 204 Å². The summed E-state index contributed by atoms with van der Waals surface area (Å²) in [5.74, 6) is 4.23. The van der Waals surface area contributed by atoms with Crippen LogP contribution in [0, 0.1) is 53.3 Å². The Balaban J connectivity index is 0.00000758. The van der Waals surface area contributed by atoms with Crippen molar-refractivity contribution < 1.29 is 72.4 Å². The summed E-state index contributed by atoms with van der Waals surface area (Å²) in [6.45, 7) is 2.07. The number of ether oxygens (including phenoxy) is 2. The molecular formula is C77H82N3NaO9S. The maximum atomic E-state index is 14.5. The Morgan fingerprint density at radius 2 is 1.57 bits per heavy atom. The van der Waals surface area contributed by atoms with E-state index in [1.807, 2.05) is 60.7 Å². The molecule has 0 aromatic heterocycles. The number of aliphatic hydroxyl groups is 3. The molecule has 0 unspecified atom stereocenters. The normalized spacial score (nSPS) is 31.1. The largest absolute Gasteiger partial charge is 1.00 e. The van der Waals surface area contributed by atoms with Crippen molar-refractivity contribution in [1.82, 2.24) is 0 Å². The average molecular weight is 1250 g/mol. The Morgan fingerprint density at radius 3 is 2.35 bits per heavy atom. The third kappa shape index (κ3) is 12.4. The number of fused-ring (bicyclic) bond motifs is 11. The Kier molecular flexibility index (Phi) is 18.1. The molecule has 466 valence electrons. The number of hydrogen-bond donors (Lipinski definition) is 6. The van der Waals surface area contributed by atoms with Crippen molar-refractivity contribution in [2.45, 2.75) is 149 Å². The fourth-order valence-corrected chi connectivity index (χ4v) is 19.2. The van der Waals surface area contributed by atoms with Gasteiger partial charge in [0.25, 0.3) is 0 Å². The van der Waals surface area contributed by atoms with Crippen molar-refractivity contribution in [3.63, 3.8) is 0 Å². The minimum atomic E-state index is -4.97. The van der Waals surface area contributed by atoms with Crippen LogP contribution in [-0.4, -0.2) is 62.9 Å². The van der Waals surface area contributed by atoms with Gasteiger partial charge in [0.2, 0.25) is 5.72 Å². The summed E-state index contributed by atoms with van der Waals surface area (Å²) in [7, 11) is -4.97. The molecule has 16 atom stereocenters. The number of nitrogens with two attached hydrogens (primary N) is 2. The molecule has 10 bridgehead atoms. The third-order valence-electron chi connectivity index (χ3n) is 22.5. The fraction of sp³-hybridized carbons (Fsp3) is 0.416. The number of phenols is 1. The average Bonchev–Trinajstić information content (AvgIpc) is 1.26. The molecule has 9 aliphatic rings. The molecule has 91 heavy (non-hydrogen) atoms. The van der Waals surface area contributed by atoms with Crippen LogP contribution in [0.4, 0.5) is 0 Å². The predicted octanol–water partition coefficient (Wildman–Crippen LogP) is 9.83. The Labute approximate surface area is 557 Å². The van der Waals surface area contributed by atoms with Gasteiger partial charge in [0.15, 0.2) is 5.96 Å². The molecule has 2 saturated carbocycles. The van der Waals surface area contributed by atoms with Gasteiger partial charge in [0.05, 0.1) is 33.2 Å². The smallest absolute Gasteiger partial charge is 0.748 e. The standard InChI is InChI=1S/C77H83N3O9S.Na/c1-46-17-18-55-39-62-31-33-65(55)67(46)43-72(90(85,86)87)68-41-58-37-57(40-63-35-48(45-81)11-7-14-53-38-61(82)30-32-66(53)74(58)88-63)73(68)52-23-27-60(28-24-52)77(89-62,80-75(78)79)69-34-29-59-26-25-56(44-76(59,84)70(69)36-47-9-3-2-4-10-47)49-19-21-51(22-20-49)71(83)42-54-15-8-13-50-12-5-6-16-64(50)54;/h2-6,8-10,12-13,15-16,19-24,27-28,30-33,38-39,41,46,48,56-57,59,63,67-74,81-84H,11,17-18,25-26,29,34-37,40,42-45H2,1H3,(H4,78,79,80)(H,85,86,87);/q;+1/p-1/t46-,48-,56+,57+,59+,63+,67-,68+,69-,70+,71-,72+,73-,74+,76-,77+;/m0./s1. The van der Waals surface area contributed by atoms with Crippen molar-refractivity contribution in [3.05, 3.63) is 225 Å². The topological polar surface area (TPSA) is 221 Å². The zero-order chi connectivity index (χ0) is 62.1. The molecule has 5 aliphatic heterocycles. The van der Waals surface area contributed by atoms with E-state index >= 15 is 0 Å². The number of aliphatic hydroxyl groups excluding tert-OH is 2. The van der Waals surface area contributed by atoms with E-state index in [0.29, 0.717) is 81.1 Å². The predicted molar refractivity (Wildman–Crippen MR) is 349 cm³/mol. The molecule has 14 heteroatoms. The van der Waals surface area contributed by atoms with Crippen LogP contribution in [0.25, 0.3) is 10.8 Å². The molecule has 0 radical (unpaired) electrons. The minimum Gasteiger partial charge on any atom is -0.748 e. The van der Waals surface area contributed by atoms with Crippen LogP contribution in [-0.2, 0) is 39.8 Å². The number of nitrogens with zero attached hydrogens (tertiary/aromatic N) is 1. The first-order chi connectivity index (χ1) is 43.5. The molecule has 4 aliphatic carbocycles. The number of allylic oxidation sites excluding steroid dienone is 1. The molecule has 3 fully saturated rings. The van der Waals surface area contributed by atoms with Gasteiger partial charge in [-0.1, -0.05) is 158 Å². The van der Waals surface area contributed by atoms with Gasteiger partial charge in [0.1, 0.15) is 17.6 Å². The summed E-state index contributed by atoms with van der Waals surface area (Å²) < 4.78 is 58.3. The molecular weight excluding hydrogens is 1170 g/mol. The molecule has 8 N–H and O–H groups in total. The van der Waals surface area contributed by atoms with E-state index in [2.05, 4.69) is 110 Å². The number of aryl methyl sites for hydroxylation is 1. The van der Waals surface area contributed by atoms with Gasteiger partial charge < -0.3 is 45.9 Å². The van der Waals surface area contributed by atoms with Gasteiger partial charge >= 0.3 is 29.6 Å². The van der Waals surface area contributed by atoms with Crippen LogP contribution in [0.5, 0.6) is 11.5 Å². The number of guanidine groups is 1. The number of aliphatic imine (C=N–C) groups is 1. The van der Waals surface area contributed by atoms with Crippen molar-refractivity contribution in [3.8, 4) is 23.3 Å². The molecule has 16 rings (SSSR count). The van der Waals surface area contributed by atoms with E-state index in [1.165, 1.54) is 0 Å². The molecule has 5 heterocycles. The van der Waals surface area contributed by atoms with E-state index in [-0.39, 0.29) is 95.9 Å². The van der Waals surface area contributed by atoms with Crippen LogP contribution in [0.1, 0.15) is 163 Å². The Hall–Kier alpha value is -6.28. The summed E-state index contributed by atoms with van der Waals surface area (Å²) in [5, 5.41) is 48.4. The quantitative estimate of drug-likeness (QED) is 0.0189. The van der Waals surface area contributed by atoms with Crippen LogP contribution in [0.2, 0.25) is 0 Å². The van der Waals surface area contributed by atoms with E-state index < -0.39 is 62.6 Å². The van der Waals surface area contributed by atoms with Gasteiger partial charge in [0, 0.05) is 48.0 Å². The Bertz CT molecular complexity index is 4050. The fourth-order valence-electron chi connectivity index (χ4n) is 18.1. The van der Waals surface area contributed by atoms with Crippen LogP contribution >= 0.6 is 0 Å². The molecule has 7 aromatic rings. The second kappa shape index (κ2) is 25.9. The van der Waals surface area contributed by atoms with Crippen molar-refractivity contribution >= 4 is 26.9 Å². The first-order valence-corrected chi connectivity index (χ1v) is 34.3. The number of aromatic hydroxyl groups is 1. The number of rotatable bonds is 10. The second-order valence-corrected chi connectivity index (χ2v) is 29.2. The third-order valence-corrected chi connectivity index (χ3v) is 23.7. The van der Waals surface area contributed by atoms with Crippen molar-refractivity contribution in [1.29, 1.82) is 0 Å². The van der Waals surface area contributed by atoms with Crippen molar-refractivity contribution in [2.24, 2.45) is 57.9 Å². The number of hydrogen-bond acceptors (Lipinski definition) is 10. The van der Waals surface area contributed by atoms with E-state index in [4.69, 9.17) is 25.9 Å². The minimum absolute atomic E-state index is 0. The number of phenolic OH excluding ortho intramolecular Hbond substituents is 1. The van der Waals surface area contributed by atoms with E-state index in [1.54, 1.807) is 12.1 Å². The van der Waals surface area contributed by atoms with Crippen LogP contribution in [0.3, 0.4) is 0 Å². The summed E-state index contributed by atoms with van der Waals surface area (Å²) >= 11 is 0. The summed E-state index contributed by atoms with van der Waals surface area (Å²) in [6.07, 6.45) is 8.54. The molecule has 7 aromatic carbocycles. The summed E-state index contributed by atoms with van der Waals surface area (Å²) in [4.78, 5) is 5.35. The van der Waals surface area contributed by atoms with Gasteiger partial charge in [-0.2, -0.15) is 0 Å². The zero-order valence-corrected chi connectivity index (χ0v) is 54.9. The monoisotopic (exact) mass is 1250 g/mol. The van der Waals surface area contributed by atoms with Gasteiger partial charge in [-0.3, -0.25) is 0 Å². The molecule has 0 spiro atoms. The van der Waals surface area contributed by atoms with Gasteiger partial charge in [-0.25, -0.2) is 13.4 Å². The zero-order valence-electron chi connectivity index (χ0n) is 52.1. The van der Waals surface area contributed by atoms with E-state index in [0.717, 1.165) is 80.1 Å². The maximum Gasteiger partial charge on any atom is 1.00 e. The van der Waals surface area contributed by atoms with E-state index in [9.17, 15) is 33.4 Å². The summed E-state index contributed by atoms with van der Waals surface area (Å²) in [6, 6.07) is 52.7. The Morgan fingerprint density at radius 1 is 0.824 bits per heavy atom. The molecule has 12 nitrogen and oxygen atoms in total. The van der Waals surface area contributed by atoms with Gasteiger partial charge in [-0.15, -0.1) is 0 Å². The maximum absolute atomic E-state index is 14.5. The second-order valence-electron chi connectivity index (χ2n) is 27.6. The van der Waals surface area contributed by atoms with Crippen molar-refractivity contribution in [2.75, 3.05) is 6.61 Å². The molecule has 0 amide bonds.